The lowest BCUT2D eigenvalue weighted by Crippen LogP contribution is -2.44. The van der Waals surface area contributed by atoms with Crippen LogP contribution in [0.25, 0.3) is 0 Å². The number of carbonyl (C=O) groups is 2. The number of likely N-dealkylation sites (tertiary alicyclic amines) is 1. The first-order valence-corrected chi connectivity index (χ1v) is 8.53. The number of carboxylic acids is 1. The van der Waals surface area contributed by atoms with Crippen LogP contribution in [0.1, 0.15) is 19.3 Å². The van der Waals surface area contributed by atoms with Crippen LogP contribution in [0.15, 0.2) is 24.3 Å². The normalized spacial score (nSPS) is 17.9. The molecule has 1 N–H and O–H groups in total. The zero-order chi connectivity index (χ0) is 18.2. The van der Waals surface area contributed by atoms with Crippen molar-refractivity contribution >= 4 is 11.9 Å². The number of carboxylic acid groups (broad SMARTS) is 1. The summed E-state index contributed by atoms with van der Waals surface area (Å²) < 4.78 is 18.3. The minimum Gasteiger partial charge on any atom is -0.494 e. The van der Waals surface area contributed by atoms with Crippen molar-refractivity contribution < 1.29 is 23.8 Å². The SMILES string of the molecule is CN(CCCOc1ccc(F)cc1)C(=O)CN1CCCC(C(=O)O)C1. The molecular weight excluding hydrogens is 327 g/mol. The molecule has 0 radical (unpaired) electrons. The second kappa shape index (κ2) is 9.36. The number of aliphatic carboxylic acids is 1. The van der Waals surface area contributed by atoms with Crippen LogP contribution in [0.2, 0.25) is 0 Å². The lowest BCUT2D eigenvalue weighted by Gasteiger charge is -2.31. The Balaban J connectivity index is 1.66. The number of nitrogens with zero attached hydrogens (tertiary/aromatic N) is 2. The van der Waals surface area contributed by atoms with Crippen molar-refractivity contribution in [1.82, 2.24) is 9.80 Å². The molecule has 1 saturated heterocycles. The Morgan fingerprint density at radius 1 is 1.36 bits per heavy atom. The van der Waals surface area contributed by atoms with E-state index in [1.54, 1.807) is 24.1 Å². The number of benzene rings is 1. The van der Waals surface area contributed by atoms with Crippen LogP contribution in [-0.4, -0.2) is 66.6 Å². The summed E-state index contributed by atoms with van der Waals surface area (Å²) in [6.07, 6.45) is 2.15. The molecule has 1 aliphatic heterocycles. The predicted octanol–water partition coefficient (Wildman–Crippen LogP) is 1.85. The van der Waals surface area contributed by atoms with E-state index in [2.05, 4.69) is 0 Å². The van der Waals surface area contributed by atoms with E-state index in [-0.39, 0.29) is 24.2 Å². The smallest absolute Gasteiger partial charge is 0.307 e. The first kappa shape index (κ1) is 19.2. The van der Waals surface area contributed by atoms with Crippen LogP contribution in [-0.2, 0) is 9.59 Å². The maximum atomic E-state index is 12.8. The maximum Gasteiger partial charge on any atom is 0.307 e. The highest BCUT2D eigenvalue weighted by Crippen LogP contribution is 2.16. The Kier molecular flexibility index (Phi) is 7.18. The van der Waals surface area contributed by atoms with Crippen LogP contribution in [0.3, 0.4) is 0 Å². The van der Waals surface area contributed by atoms with E-state index in [4.69, 9.17) is 9.84 Å². The Morgan fingerprint density at radius 2 is 2.08 bits per heavy atom. The molecule has 1 aromatic carbocycles. The van der Waals surface area contributed by atoms with Gasteiger partial charge < -0.3 is 14.7 Å². The van der Waals surface area contributed by atoms with Gasteiger partial charge in [-0.15, -0.1) is 0 Å². The standard InChI is InChI=1S/C18H25FN2O4/c1-20(9-3-11-25-16-7-5-15(19)6-8-16)17(22)13-21-10-2-4-14(12-21)18(23)24/h5-8,14H,2-4,9-13H2,1H3,(H,23,24). The van der Waals surface area contributed by atoms with Gasteiger partial charge in [-0.3, -0.25) is 14.5 Å². The van der Waals surface area contributed by atoms with E-state index in [0.717, 1.165) is 13.0 Å². The van der Waals surface area contributed by atoms with E-state index < -0.39 is 5.97 Å². The van der Waals surface area contributed by atoms with Crippen molar-refractivity contribution in [2.75, 3.05) is 39.8 Å². The van der Waals surface area contributed by atoms with Crippen molar-refractivity contribution in [2.24, 2.45) is 5.92 Å². The Labute approximate surface area is 147 Å². The highest BCUT2D eigenvalue weighted by Gasteiger charge is 2.26. The Morgan fingerprint density at radius 3 is 2.76 bits per heavy atom. The monoisotopic (exact) mass is 352 g/mol. The third kappa shape index (κ3) is 6.34. The fraction of sp³-hybridized carbons (Fsp3) is 0.556. The minimum absolute atomic E-state index is 0.0205. The molecule has 1 unspecified atom stereocenters. The molecule has 2 rings (SSSR count). The average molecular weight is 352 g/mol. The molecule has 25 heavy (non-hydrogen) atoms. The van der Waals surface area contributed by atoms with Gasteiger partial charge in [-0.2, -0.15) is 0 Å². The third-order valence-corrected chi connectivity index (χ3v) is 4.36. The number of amides is 1. The summed E-state index contributed by atoms with van der Waals surface area (Å²) in [4.78, 5) is 26.9. The molecule has 0 bridgehead atoms. The molecule has 0 aromatic heterocycles. The van der Waals surface area contributed by atoms with Gasteiger partial charge in [-0.1, -0.05) is 0 Å². The van der Waals surface area contributed by atoms with Gasteiger partial charge in [-0.25, -0.2) is 4.39 Å². The van der Waals surface area contributed by atoms with Crippen LogP contribution in [0.5, 0.6) is 5.75 Å². The van der Waals surface area contributed by atoms with E-state index >= 15 is 0 Å². The summed E-state index contributed by atoms with van der Waals surface area (Å²) in [6.45, 7) is 2.43. The molecule has 6 nitrogen and oxygen atoms in total. The molecule has 1 heterocycles. The fourth-order valence-electron chi connectivity index (χ4n) is 2.86. The molecule has 0 saturated carbocycles. The fourth-order valence-corrected chi connectivity index (χ4v) is 2.86. The highest BCUT2D eigenvalue weighted by atomic mass is 19.1. The second-order valence-electron chi connectivity index (χ2n) is 6.38. The first-order chi connectivity index (χ1) is 12.0. The zero-order valence-electron chi connectivity index (χ0n) is 14.5. The van der Waals surface area contributed by atoms with Gasteiger partial charge in [0.1, 0.15) is 11.6 Å². The molecule has 1 aromatic rings. The maximum absolute atomic E-state index is 12.8. The minimum atomic E-state index is -0.788. The summed E-state index contributed by atoms with van der Waals surface area (Å²) in [7, 11) is 1.73. The lowest BCUT2D eigenvalue weighted by atomic mass is 9.98. The van der Waals surface area contributed by atoms with E-state index in [0.29, 0.717) is 38.3 Å². The topological polar surface area (TPSA) is 70.1 Å². The van der Waals surface area contributed by atoms with Gasteiger partial charge in [0.25, 0.3) is 0 Å². The van der Waals surface area contributed by atoms with Crippen LogP contribution in [0.4, 0.5) is 4.39 Å². The van der Waals surface area contributed by atoms with Crippen molar-refractivity contribution in [3.63, 3.8) is 0 Å². The number of hydrogen-bond donors (Lipinski definition) is 1. The van der Waals surface area contributed by atoms with Crippen molar-refractivity contribution in [2.45, 2.75) is 19.3 Å². The number of carbonyl (C=O) groups excluding carboxylic acids is 1. The summed E-state index contributed by atoms with van der Waals surface area (Å²) in [5.41, 5.74) is 0. The van der Waals surface area contributed by atoms with E-state index in [9.17, 15) is 14.0 Å². The molecular formula is C18H25FN2O4. The summed E-state index contributed by atoms with van der Waals surface area (Å²) in [5.74, 6) is -0.892. The third-order valence-electron chi connectivity index (χ3n) is 4.36. The number of halogens is 1. The van der Waals surface area contributed by atoms with Crippen molar-refractivity contribution in [3.05, 3.63) is 30.1 Å². The van der Waals surface area contributed by atoms with Crippen molar-refractivity contribution in [1.29, 1.82) is 0 Å². The molecule has 138 valence electrons. The predicted molar refractivity (Wildman–Crippen MR) is 90.9 cm³/mol. The number of likely N-dealkylation sites (N-methyl/N-ethyl adjacent to an activating group) is 1. The summed E-state index contributed by atoms with van der Waals surface area (Å²) in [6, 6.07) is 5.82. The largest absolute Gasteiger partial charge is 0.494 e. The van der Waals surface area contributed by atoms with Gasteiger partial charge in [-0.05, 0) is 50.1 Å². The quantitative estimate of drug-likeness (QED) is 0.723. The lowest BCUT2D eigenvalue weighted by molar-refractivity contribution is -0.144. The molecule has 0 spiro atoms. The molecule has 1 amide bonds. The zero-order valence-corrected chi connectivity index (χ0v) is 14.5. The van der Waals surface area contributed by atoms with Gasteiger partial charge in [0.05, 0.1) is 19.1 Å². The first-order valence-electron chi connectivity index (χ1n) is 8.53. The molecule has 7 heteroatoms. The number of ether oxygens (including phenoxy) is 1. The molecule has 1 fully saturated rings. The summed E-state index contributed by atoms with van der Waals surface area (Å²) in [5, 5.41) is 9.10. The van der Waals surface area contributed by atoms with Crippen LogP contribution < -0.4 is 4.74 Å². The van der Waals surface area contributed by atoms with Crippen LogP contribution >= 0.6 is 0 Å². The van der Waals surface area contributed by atoms with E-state index in [1.807, 2.05) is 4.90 Å². The summed E-state index contributed by atoms with van der Waals surface area (Å²) >= 11 is 0. The van der Waals surface area contributed by atoms with Crippen LogP contribution in [0, 0.1) is 11.7 Å². The Bertz CT molecular complexity index is 579. The molecule has 0 aliphatic carbocycles. The second-order valence-corrected chi connectivity index (χ2v) is 6.38. The highest BCUT2D eigenvalue weighted by molar-refractivity contribution is 5.78. The average Bonchev–Trinajstić information content (AvgIpc) is 2.60. The van der Waals surface area contributed by atoms with E-state index in [1.165, 1.54) is 12.1 Å². The number of hydrogen-bond acceptors (Lipinski definition) is 4. The molecule has 1 aliphatic rings. The van der Waals surface area contributed by atoms with Crippen molar-refractivity contribution in [3.8, 4) is 5.75 Å². The van der Waals surface area contributed by atoms with Gasteiger partial charge in [0.2, 0.25) is 5.91 Å². The Hall–Kier alpha value is -2.15. The number of rotatable bonds is 8. The number of piperidine rings is 1. The van der Waals surface area contributed by atoms with Gasteiger partial charge in [0.15, 0.2) is 0 Å². The van der Waals surface area contributed by atoms with Gasteiger partial charge in [0, 0.05) is 20.1 Å². The molecule has 1 atom stereocenters. The van der Waals surface area contributed by atoms with Gasteiger partial charge >= 0.3 is 5.97 Å².